The lowest BCUT2D eigenvalue weighted by molar-refractivity contribution is 0.0926. The van der Waals surface area contributed by atoms with Crippen molar-refractivity contribution in [3.05, 3.63) is 76.4 Å². The summed E-state index contributed by atoms with van der Waals surface area (Å²) in [6.45, 7) is 4.17. The molecular weight excluding hydrogens is 366 g/mol. The molecule has 0 spiro atoms. The van der Waals surface area contributed by atoms with Crippen LogP contribution in [0.2, 0.25) is 5.02 Å². The van der Waals surface area contributed by atoms with Gasteiger partial charge in [-0.25, -0.2) is 0 Å². The van der Waals surface area contributed by atoms with Crippen molar-refractivity contribution >= 4 is 17.5 Å². The van der Waals surface area contributed by atoms with Crippen molar-refractivity contribution in [1.82, 2.24) is 15.5 Å². The van der Waals surface area contributed by atoms with E-state index < -0.39 is 0 Å². The summed E-state index contributed by atoms with van der Waals surface area (Å²) < 4.78 is 10.7. The van der Waals surface area contributed by atoms with Gasteiger partial charge in [-0.15, -0.1) is 0 Å². The topological polar surface area (TPSA) is 77.2 Å². The van der Waals surface area contributed by atoms with E-state index in [0.717, 1.165) is 12.0 Å². The van der Waals surface area contributed by atoms with E-state index in [2.05, 4.69) is 15.5 Å². The Bertz CT molecular complexity index is 909. The summed E-state index contributed by atoms with van der Waals surface area (Å²) in [5.74, 6) is 0.653. The number of carbonyl (C=O) groups excluding carboxylic acids is 1. The Hall–Kier alpha value is -2.86. The monoisotopic (exact) mass is 385 g/mol. The fourth-order valence-electron chi connectivity index (χ4n) is 2.57. The van der Waals surface area contributed by atoms with Gasteiger partial charge in [0.15, 0.2) is 11.5 Å². The van der Waals surface area contributed by atoms with Crippen LogP contribution in [0.1, 0.15) is 46.8 Å². The van der Waals surface area contributed by atoms with Gasteiger partial charge in [0, 0.05) is 18.3 Å². The van der Waals surface area contributed by atoms with Gasteiger partial charge in [-0.05, 0) is 18.9 Å². The first-order valence-electron chi connectivity index (χ1n) is 8.61. The lowest BCUT2D eigenvalue weighted by Crippen LogP contribution is -2.28. The highest BCUT2D eigenvalue weighted by Gasteiger charge is 2.18. The van der Waals surface area contributed by atoms with Crippen molar-refractivity contribution < 1.29 is 14.1 Å². The molecule has 0 aliphatic rings. The lowest BCUT2D eigenvalue weighted by atomic mass is 10.0. The van der Waals surface area contributed by atoms with Crippen molar-refractivity contribution in [2.75, 3.05) is 0 Å². The number of hydrogen-bond acceptors (Lipinski definition) is 5. The van der Waals surface area contributed by atoms with Crippen LogP contribution in [0.25, 0.3) is 0 Å². The quantitative estimate of drug-likeness (QED) is 0.648. The maximum atomic E-state index is 12.5. The molecular formula is C20H20ClN3O3. The molecule has 1 aromatic carbocycles. The van der Waals surface area contributed by atoms with Crippen LogP contribution < -0.4 is 10.1 Å². The predicted molar refractivity (Wildman–Crippen MR) is 102 cm³/mol. The third-order valence-corrected chi connectivity index (χ3v) is 4.25. The number of aryl methyl sites for hydroxylation is 1. The number of nitrogens with one attached hydrogen (secondary N) is 1. The summed E-state index contributed by atoms with van der Waals surface area (Å²) in [6, 6.07) is 11.2. The molecule has 0 aliphatic heterocycles. The van der Waals surface area contributed by atoms with Crippen molar-refractivity contribution in [1.29, 1.82) is 0 Å². The highest BCUT2D eigenvalue weighted by molar-refractivity contribution is 6.30. The summed E-state index contributed by atoms with van der Waals surface area (Å²) in [5, 5.41) is 7.29. The van der Waals surface area contributed by atoms with Gasteiger partial charge in [0.05, 0.1) is 17.3 Å². The fraction of sp³-hybridized carbons (Fsp3) is 0.250. The molecule has 1 amide bonds. The van der Waals surface area contributed by atoms with Gasteiger partial charge in [-0.1, -0.05) is 53.5 Å². The average Bonchev–Trinajstić information content (AvgIpc) is 3.14. The van der Waals surface area contributed by atoms with E-state index in [1.165, 1.54) is 11.8 Å². The summed E-state index contributed by atoms with van der Waals surface area (Å²) in [5.41, 5.74) is 2.44. The van der Waals surface area contributed by atoms with E-state index in [0.29, 0.717) is 16.5 Å². The third kappa shape index (κ3) is 5.08. The van der Waals surface area contributed by atoms with E-state index in [9.17, 15) is 4.79 Å². The minimum atomic E-state index is -0.290. The molecule has 0 radical (unpaired) electrons. The number of amides is 1. The van der Waals surface area contributed by atoms with Crippen molar-refractivity contribution in [2.24, 2.45) is 0 Å². The first-order chi connectivity index (χ1) is 13.0. The molecule has 6 nitrogen and oxygen atoms in total. The summed E-state index contributed by atoms with van der Waals surface area (Å²) in [7, 11) is 0. The molecule has 27 heavy (non-hydrogen) atoms. The van der Waals surface area contributed by atoms with E-state index in [1.807, 2.05) is 38.1 Å². The van der Waals surface area contributed by atoms with Crippen LogP contribution in [0.3, 0.4) is 0 Å². The fourth-order valence-corrected chi connectivity index (χ4v) is 2.73. The first-order valence-corrected chi connectivity index (χ1v) is 8.99. The third-order valence-electron chi connectivity index (χ3n) is 4.05. The Morgan fingerprint density at radius 2 is 2.04 bits per heavy atom. The molecule has 0 saturated heterocycles. The van der Waals surface area contributed by atoms with E-state index in [1.54, 1.807) is 18.3 Å². The molecule has 0 saturated carbocycles. The lowest BCUT2D eigenvalue weighted by Gasteiger charge is -2.16. The van der Waals surface area contributed by atoms with Crippen molar-refractivity contribution in [2.45, 2.75) is 32.9 Å². The number of pyridine rings is 1. The zero-order chi connectivity index (χ0) is 19.2. The van der Waals surface area contributed by atoms with Crippen LogP contribution in [0.5, 0.6) is 5.75 Å². The zero-order valence-corrected chi connectivity index (χ0v) is 15.9. The molecule has 1 atom stereocenters. The number of aromatic nitrogens is 2. The van der Waals surface area contributed by atoms with Gasteiger partial charge in [0.2, 0.25) is 0 Å². The van der Waals surface area contributed by atoms with E-state index >= 15 is 0 Å². The van der Waals surface area contributed by atoms with Crippen LogP contribution in [0.15, 0.2) is 53.3 Å². The summed E-state index contributed by atoms with van der Waals surface area (Å²) >= 11 is 5.86. The second kappa shape index (κ2) is 8.68. The Labute approximate surface area is 162 Å². The number of hydrogen-bond donors (Lipinski definition) is 1. The molecule has 2 aromatic heterocycles. The number of carbonyl (C=O) groups is 1. The maximum absolute atomic E-state index is 12.5. The number of rotatable bonds is 7. The van der Waals surface area contributed by atoms with E-state index in [-0.39, 0.29) is 24.2 Å². The average molecular weight is 386 g/mol. The molecule has 140 valence electrons. The van der Waals surface area contributed by atoms with Crippen LogP contribution in [-0.2, 0) is 6.61 Å². The van der Waals surface area contributed by atoms with Crippen molar-refractivity contribution in [3.8, 4) is 5.75 Å². The van der Waals surface area contributed by atoms with Crippen molar-refractivity contribution in [3.63, 3.8) is 0 Å². The Morgan fingerprint density at radius 1 is 1.26 bits per heavy atom. The second-order valence-corrected chi connectivity index (χ2v) is 6.59. The van der Waals surface area contributed by atoms with E-state index in [4.69, 9.17) is 20.9 Å². The van der Waals surface area contributed by atoms with Gasteiger partial charge < -0.3 is 14.6 Å². The molecule has 7 heteroatoms. The summed E-state index contributed by atoms with van der Waals surface area (Å²) in [4.78, 5) is 16.4. The molecule has 0 unspecified atom stereocenters. The van der Waals surface area contributed by atoms with Gasteiger partial charge >= 0.3 is 0 Å². The van der Waals surface area contributed by atoms with Crippen LogP contribution in [0.4, 0.5) is 0 Å². The molecule has 2 heterocycles. The first kappa shape index (κ1) is 18.9. The van der Waals surface area contributed by atoms with Gasteiger partial charge in [0.1, 0.15) is 12.4 Å². The van der Waals surface area contributed by atoms with Crippen LogP contribution >= 0.6 is 11.6 Å². The van der Waals surface area contributed by atoms with Crippen LogP contribution in [0, 0.1) is 6.92 Å². The standard InChI is InChI=1S/C20H20ClN3O3/c1-3-18(14-6-4-13(2)5-7-14)23-20(25)19-9-17(27-24-19)12-26-16-8-15(21)10-22-11-16/h4-11,18H,3,12H2,1-2H3,(H,23,25)/t18-/m0/s1. The molecule has 3 rings (SSSR count). The minimum Gasteiger partial charge on any atom is -0.484 e. The minimum absolute atomic E-state index is 0.0907. The van der Waals surface area contributed by atoms with Gasteiger partial charge in [-0.3, -0.25) is 9.78 Å². The Kier molecular flexibility index (Phi) is 6.08. The Balaban J connectivity index is 1.61. The number of nitrogens with zero attached hydrogens (tertiary/aromatic N) is 2. The highest BCUT2D eigenvalue weighted by atomic mass is 35.5. The molecule has 0 bridgehead atoms. The smallest absolute Gasteiger partial charge is 0.273 e. The molecule has 0 aliphatic carbocycles. The molecule has 1 N–H and O–H groups in total. The second-order valence-electron chi connectivity index (χ2n) is 6.15. The SMILES string of the molecule is CC[C@H](NC(=O)c1cc(COc2cncc(Cl)c2)on1)c1ccc(C)cc1. The summed E-state index contributed by atoms with van der Waals surface area (Å²) in [6.07, 6.45) is 3.83. The predicted octanol–water partition coefficient (Wildman–Crippen LogP) is 4.49. The number of ether oxygens (including phenoxy) is 1. The van der Waals surface area contributed by atoms with Crippen LogP contribution in [-0.4, -0.2) is 16.0 Å². The zero-order valence-electron chi connectivity index (χ0n) is 15.1. The highest BCUT2D eigenvalue weighted by Crippen LogP contribution is 2.19. The maximum Gasteiger partial charge on any atom is 0.273 e. The van der Waals surface area contributed by atoms with Gasteiger partial charge in [0.25, 0.3) is 5.91 Å². The molecule has 3 aromatic rings. The van der Waals surface area contributed by atoms with Gasteiger partial charge in [-0.2, -0.15) is 0 Å². The number of benzene rings is 1. The normalized spacial score (nSPS) is 11.8. The Morgan fingerprint density at radius 3 is 2.74 bits per heavy atom. The molecule has 0 fully saturated rings. The number of halogens is 1. The largest absolute Gasteiger partial charge is 0.484 e.